The maximum Gasteiger partial charge on any atom is 0.322 e. The van der Waals surface area contributed by atoms with E-state index in [4.69, 9.17) is 9.84 Å². The van der Waals surface area contributed by atoms with Crippen LogP contribution in [0.3, 0.4) is 0 Å². The molecule has 0 saturated carbocycles. The highest BCUT2D eigenvalue weighted by Crippen LogP contribution is 2.07. The highest BCUT2D eigenvalue weighted by Gasteiger charge is 2.06. The largest absolute Gasteiger partial charge is 0.492 e. The average Bonchev–Trinajstić information content (AvgIpc) is 2.48. The molecule has 114 valence electrons. The Morgan fingerprint density at radius 3 is 2.38 bits per heavy atom. The van der Waals surface area contributed by atoms with Crippen LogP contribution in [0.25, 0.3) is 0 Å². The number of amides is 3. The zero-order chi connectivity index (χ0) is 15.5. The highest BCUT2D eigenvalue weighted by molar-refractivity contribution is 5.86. The quantitative estimate of drug-likeness (QED) is 0.485. The van der Waals surface area contributed by atoms with Crippen molar-refractivity contribution in [2.75, 3.05) is 26.2 Å². The van der Waals surface area contributed by atoms with E-state index in [1.165, 1.54) is 0 Å². The van der Waals surface area contributed by atoms with Gasteiger partial charge in [0.05, 0.1) is 13.1 Å². The molecule has 0 aromatic heterocycles. The third-order valence-corrected chi connectivity index (χ3v) is 2.25. The lowest BCUT2D eigenvalue weighted by molar-refractivity contribution is -0.137. The van der Waals surface area contributed by atoms with Gasteiger partial charge in [-0.1, -0.05) is 18.2 Å². The van der Waals surface area contributed by atoms with Gasteiger partial charge in [-0.3, -0.25) is 9.59 Å². The van der Waals surface area contributed by atoms with Crippen molar-refractivity contribution < 1.29 is 24.2 Å². The summed E-state index contributed by atoms with van der Waals surface area (Å²) in [6, 6.07) is 8.61. The van der Waals surface area contributed by atoms with Gasteiger partial charge >= 0.3 is 12.0 Å². The third kappa shape index (κ3) is 8.09. The van der Waals surface area contributed by atoms with Crippen molar-refractivity contribution in [2.24, 2.45) is 0 Å². The monoisotopic (exact) mass is 295 g/mol. The number of urea groups is 1. The molecule has 21 heavy (non-hydrogen) atoms. The first kappa shape index (κ1) is 16.3. The van der Waals surface area contributed by atoms with Crippen molar-refractivity contribution in [2.45, 2.75) is 0 Å². The summed E-state index contributed by atoms with van der Waals surface area (Å²) in [7, 11) is 0. The number of rotatable bonds is 8. The van der Waals surface area contributed by atoms with Gasteiger partial charge in [0.2, 0.25) is 5.91 Å². The summed E-state index contributed by atoms with van der Waals surface area (Å²) in [5.74, 6) is -1.02. The molecule has 0 atom stereocenters. The van der Waals surface area contributed by atoms with Crippen molar-refractivity contribution in [1.29, 1.82) is 0 Å². The number of carboxylic acids is 1. The van der Waals surface area contributed by atoms with Crippen molar-refractivity contribution >= 4 is 17.9 Å². The van der Waals surface area contributed by atoms with Gasteiger partial charge in [0.25, 0.3) is 0 Å². The molecule has 0 unspecified atom stereocenters. The molecule has 0 aliphatic rings. The fourth-order valence-corrected chi connectivity index (χ4v) is 1.31. The van der Waals surface area contributed by atoms with Crippen molar-refractivity contribution in [3.05, 3.63) is 30.3 Å². The molecular weight excluding hydrogens is 278 g/mol. The molecule has 1 rings (SSSR count). The molecule has 0 radical (unpaired) electrons. The smallest absolute Gasteiger partial charge is 0.322 e. The summed E-state index contributed by atoms with van der Waals surface area (Å²) < 4.78 is 5.36. The molecule has 0 fully saturated rings. The zero-order valence-electron chi connectivity index (χ0n) is 11.3. The van der Waals surface area contributed by atoms with Crippen LogP contribution in [-0.2, 0) is 9.59 Å². The summed E-state index contributed by atoms with van der Waals surface area (Å²) in [6.45, 7) is -0.203. The molecule has 3 amide bonds. The molecule has 0 aliphatic heterocycles. The fraction of sp³-hybridized carbons (Fsp3) is 0.308. The van der Waals surface area contributed by atoms with E-state index in [9.17, 15) is 14.4 Å². The molecule has 8 nitrogen and oxygen atoms in total. The van der Waals surface area contributed by atoms with E-state index in [2.05, 4.69) is 16.0 Å². The first-order chi connectivity index (χ1) is 10.1. The normalized spacial score (nSPS) is 9.52. The summed E-state index contributed by atoms with van der Waals surface area (Å²) in [5.41, 5.74) is 0. The van der Waals surface area contributed by atoms with E-state index >= 15 is 0 Å². The first-order valence-corrected chi connectivity index (χ1v) is 6.26. The Bertz CT molecular complexity index is 478. The third-order valence-electron chi connectivity index (χ3n) is 2.25. The number of carbonyl (C=O) groups excluding carboxylic acids is 2. The molecule has 8 heteroatoms. The van der Waals surface area contributed by atoms with E-state index in [1.807, 2.05) is 18.2 Å². The molecule has 1 aromatic rings. The number of nitrogens with one attached hydrogen (secondary N) is 3. The number of carbonyl (C=O) groups is 3. The number of ether oxygens (including phenoxy) is 1. The maximum atomic E-state index is 11.3. The highest BCUT2D eigenvalue weighted by atomic mass is 16.5. The van der Waals surface area contributed by atoms with Gasteiger partial charge in [0.1, 0.15) is 18.9 Å². The zero-order valence-corrected chi connectivity index (χ0v) is 11.3. The Morgan fingerprint density at radius 2 is 1.71 bits per heavy atom. The second-order valence-corrected chi connectivity index (χ2v) is 3.94. The van der Waals surface area contributed by atoms with Crippen molar-refractivity contribution in [3.63, 3.8) is 0 Å². The molecule has 4 N–H and O–H groups in total. The second-order valence-electron chi connectivity index (χ2n) is 3.94. The predicted octanol–water partition coefficient (Wildman–Crippen LogP) is -0.435. The molecule has 0 aliphatic carbocycles. The van der Waals surface area contributed by atoms with E-state index in [0.29, 0.717) is 12.4 Å². The van der Waals surface area contributed by atoms with Gasteiger partial charge in [-0.2, -0.15) is 0 Å². The summed E-state index contributed by atoms with van der Waals surface area (Å²) >= 11 is 0. The van der Waals surface area contributed by atoms with Gasteiger partial charge in [-0.25, -0.2) is 4.79 Å². The van der Waals surface area contributed by atoms with E-state index in [0.717, 1.165) is 0 Å². The minimum absolute atomic E-state index is 0.275. The number of aliphatic carboxylic acids is 1. The van der Waals surface area contributed by atoms with Crippen LogP contribution >= 0.6 is 0 Å². The SMILES string of the molecule is O=C(O)CNC(=O)CNC(=O)NCCOc1ccccc1. The number of carboxylic acid groups (broad SMARTS) is 1. The van der Waals surface area contributed by atoms with Gasteiger partial charge < -0.3 is 25.8 Å². The number of hydrogen-bond donors (Lipinski definition) is 4. The number of hydrogen-bond acceptors (Lipinski definition) is 4. The van der Waals surface area contributed by atoms with Crippen LogP contribution in [0.1, 0.15) is 0 Å². The summed E-state index contributed by atoms with van der Waals surface area (Å²) in [5, 5.41) is 15.3. The molecular formula is C13H17N3O5. The maximum absolute atomic E-state index is 11.3. The summed E-state index contributed by atoms with van der Waals surface area (Å²) in [6.07, 6.45) is 0. The number of para-hydroxylation sites is 1. The minimum atomic E-state index is -1.15. The van der Waals surface area contributed by atoms with Crippen LogP contribution < -0.4 is 20.7 Å². The van der Waals surface area contributed by atoms with Gasteiger partial charge in [0.15, 0.2) is 0 Å². The van der Waals surface area contributed by atoms with E-state index in [-0.39, 0.29) is 13.1 Å². The van der Waals surface area contributed by atoms with Gasteiger partial charge in [-0.15, -0.1) is 0 Å². The fourth-order valence-electron chi connectivity index (χ4n) is 1.31. The van der Waals surface area contributed by atoms with Crippen molar-refractivity contribution in [1.82, 2.24) is 16.0 Å². The lowest BCUT2D eigenvalue weighted by atomic mass is 10.3. The van der Waals surface area contributed by atoms with E-state index < -0.39 is 24.5 Å². The Kier molecular flexibility index (Phi) is 7.12. The molecule has 0 spiro atoms. The summed E-state index contributed by atoms with van der Waals surface area (Å²) in [4.78, 5) is 32.7. The predicted molar refractivity (Wildman–Crippen MR) is 74.0 cm³/mol. The Labute approximate surface area is 121 Å². The first-order valence-electron chi connectivity index (χ1n) is 6.26. The van der Waals surface area contributed by atoms with Gasteiger partial charge in [0, 0.05) is 0 Å². The lowest BCUT2D eigenvalue weighted by Crippen LogP contribution is -2.43. The van der Waals surface area contributed by atoms with E-state index in [1.54, 1.807) is 12.1 Å². The molecule has 0 heterocycles. The molecule has 0 bridgehead atoms. The molecule has 0 saturated heterocycles. The standard InChI is InChI=1S/C13H17N3O5/c17-11(15-9-12(18)19)8-16-13(20)14-6-7-21-10-4-2-1-3-5-10/h1-5H,6-9H2,(H,15,17)(H,18,19)(H2,14,16,20). The average molecular weight is 295 g/mol. The van der Waals surface area contributed by atoms with Crippen LogP contribution in [0.2, 0.25) is 0 Å². The minimum Gasteiger partial charge on any atom is -0.492 e. The van der Waals surface area contributed by atoms with Gasteiger partial charge in [-0.05, 0) is 12.1 Å². The molecule has 1 aromatic carbocycles. The van der Waals surface area contributed by atoms with Crippen molar-refractivity contribution in [3.8, 4) is 5.75 Å². The number of benzene rings is 1. The Balaban J connectivity index is 2.06. The van der Waals surface area contributed by atoms with Crippen LogP contribution in [0.5, 0.6) is 5.75 Å². The lowest BCUT2D eigenvalue weighted by Gasteiger charge is -2.08. The Hall–Kier alpha value is -2.77. The van der Waals surface area contributed by atoms with Crippen LogP contribution in [-0.4, -0.2) is 49.3 Å². The Morgan fingerprint density at radius 1 is 1.00 bits per heavy atom. The van der Waals surface area contributed by atoms with Crippen LogP contribution in [0.15, 0.2) is 30.3 Å². The second kappa shape index (κ2) is 9.18. The van der Waals surface area contributed by atoms with Crippen LogP contribution in [0.4, 0.5) is 4.79 Å². The topological polar surface area (TPSA) is 117 Å². The van der Waals surface area contributed by atoms with Crippen LogP contribution in [0, 0.1) is 0 Å².